The molecule has 1 saturated heterocycles. The van der Waals surface area contributed by atoms with Gasteiger partial charge in [-0.2, -0.15) is 0 Å². The Morgan fingerprint density at radius 3 is 2.71 bits per heavy atom. The van der Waals surface area contributed by atoms with E-state index < -0.39 is 0 Å². The number of nitrogens with zero attached hydrogens (tertiary/aromatic N) is 1. The van der Waals surface area contributed by atoms with Crippen molar-refractivity contribution >= 4 is 5.69 Å². The van der Waals surface area contributed by atoms with Crippen LogP contribution in [0.1, 0.15) is 32.6 Å². The van der Waals surface area contributed by atoms with Crippen LogP contribution in [0, 0.1) is 0 Å². The van der Waals surface area contributed by atoms with Gasteiger partial charge in [-0.05, 0) is 18.6 Å². The Morgan fingerprint density at radius 1 is 1.21 bits per heavy atom. The lowest BCUT2D eigenvalue weighted by Gasteiger charge is -2.04. The molecule has 1 aromatic carbocycles. The summed E-state index contributed by atoms with van der Waals surface area (Å²) < 4.78 is 0. The van der Waals surface area contributed by atoms with E-state index in [1.807, 2.05) is 0 Å². The van der Waals surface area contributed by atoms with Gasteiger partial charge in [-0.15, -0.1) is 0 Å². The summed E-state index contributed by atoms with van der Waals surface area (Å²) in [6.07, 6.45) is 5.49. The van der Waals surface area contributed by atoms with Crippen LogP contribution >= 0.6 is 0 Å². The third kappa shape index (κ3) is 2.28. The van der Waals surface area contributed by atoms with Crippen molar-refractivity contribution in [2.24, 2.45) is 0 Å². The molecule has 0 saturated carbocycles. The molecule has 14 heavy (non-hydrogen) atoms. The Morgan fingerprint density at radius 2 is 2.00 bits per heavy atom. The van der Waals surface area contributed by atoms with Gasteiger partial charge >= 0.3 is 0 Å². The third-order valence-electron chi connectivity index (χ3n) is 2.94. The second kappa shape index (κ2) is 4.50. The summed E-state index contributed by atoms with van der Waals surface area (Å²) in [6.45, 7) is 3.54. The van der Waals surface area contributed by atoms with Crippen molar-refractivity contribution in [3.63, 3.8) is 0 Å². The quantitative estimate of drug-likeness (QED) is 0.506. The number of hydrogen-bond donors (Lipinski definition) is 0. The average molecular weight is 189 g/mol. The largest absolute Gasteiger partial charge is 0.365 e. The fourth-order valence-electron chi connectivity index (χ4n) is 1.99. The molecule has 1 fully saturated rings. The van der Waals surface area contributed by atoms with Crippen LogP contribution in [0.5, 0.6) is 0 Å². The number of benzene rings is 1. The normalized spacial score (nSPS) is 19.8. The third-order valence-corrected chi connectivity index (χ3v) is 2.94. The summed E-state index contributed by atoms with van der Waals surface area (Å²) in [5.41, 5.74) is 1.40. The molecule has 1 heterocycles. The molecular formula is C13H19N. The maximum absolute atomic E-state index is 2.50. The van der Waals surface area contributed by atoms with Crippen LogP contribution in [-0.2, 0) is 0 Å². The van der Waals surface area contributed by atoms with Crippen LogP contribution in [0.4, 0.5) is 5.69 Å². The molecule has 1 atom stereocenters. The predicted molar refractivity (Wildman–Crippen MR) is 61.7 cm³/mol. The fourth-order valence-corrected chi connectivity index (χ4v) is 1.99. The van der Waals surface area contributed by atoms with E-state index in [4.69, 9.17) is 0 Å². The van der Waals surface area contributed by atoms with Gasteiger partial charge in [0.05, 0.1) is 0 Å². The van der Waals surface area contributed by atoms with Gasteiger partial charge in [-0.1, -0.05) is 44.4 Å². The molecule has 0 amide bonds. The SMILES string of the molecule is CCCCCC1CN1c1ccccc1. The number of rotatable bonds is 5. The number of hydrogen-bond acceptors (Lipinski definition) is 1. The van der Waals surface area contributed by atoms with Crippen LogP contribution < -0.4 is 4.90 Å². The van der Waals surface area contributed by atoms with Gasteiger partial charge in [0.2, 0.25) is 0 Å². The maximum atomic E-state index is 2.50. The molecule has 76 valence electrons. The van der Waals surface area contributed by atoms with Gasteiger partial charge in [-0.3, -0.25) is 0 Å². The minimum absolute atomic E-state index is 0.837. The molecular weight excluding hydrogens is 170 g/mol. The van der Waals surface area contributed by atoms with E-state index >= 15 is 0 Å². The summed E-state index contributed by atoms with van der Waals surface area (Å²) in [7, 11) is 0. The topological polar surface area (TPSA) is 3.01 Å². The molecule has 1 unspecified atom stereocenters. The Balaban J connectivity index is 1.76. The highest BCUT2D eigenvalue weighted by atomic mass is 15.3. The lowest BCUT2D eigenvalue weighted by atomic mass is 10.2. The van der Waals surface area contributed by atoms with E-state index in [-0.39, 0.29) is 0 Å². The van der Waals surface area contributed by atoms with Gasteiger partial charge in [0.25, 0.3) is 0 Å². The molecule has 0 bridgehead atoms. The minimum Gasteiger partial charge on any atom is -0.365 e. The lowest BCUT2D eigenvalue weighted by Crippen LogP contribution is -1.98. The zero-order chi connectivity index (χ0) is 9.80. The van der Waals surface area contributed by atoms with E-state index in [1.165, 1.54) is 37.9 Å². The van der Waals surface area contributed by atoms with Gasteiger partial charge in [0.15, 0.2) is 0 Å². The average Bonchev–Trinajstić information content (AvgIpc) is 2.99. The van der Waals surface area contributed by atoms with Gasteiger partial charge < -0.3 is 4.90 Å². The van der Waals surface area contributed by atoms with Gasteiger partial charge in [0.1, 0.15) is 0 Å². The monoisotopic (exact) mass is 189 g/mol. The first-order valence-corrected chi connectivity index (χ1v) is 5.73. The number of para-hydroxylation sites is 1. The first kappa shape index (κ1) is 9.57. The van der Waals surface area contributed by atoms with E-state index in [2.05, 4.69) is 42.2 Å². The summed E-state index contributed by atoms with van der Waals surface area (Å²) in [5, 5.41) is 0. The maximum Gasteiger partial charge on any atom is 0.0466 e. The fraction of sp³-hybridized carbons (Fsp3) is 0.538. The highest BCUT2D eigenvalue weighted by Gasteiger charge is 2.32. The van der Waals surface area contributed by atoms with E-state index in [0.717, 1.165) is 6.04 Å². The van der Waals surface area contributed by atoms with Crippen LogP contribution in [0.15, 0.2) is 30.3 Å². The van der Waals surface area contributed by atoms with Crippen LogP contribution in [-0.4, -0.2) is 12.6 Å². The van der Waals surface area contributed by atoms with E-state index in [1.54, 1.807) is 0 Å². The summed E-state index contributed by atoms with van der Waals surface area (Å²) in [5.74, 6) is 0. The molecule has 0 spiro atoms. The van der Waals surface area contributed by atoms with Crippen molar-refractivity contribution in [3.05, 3.63) is 30.3 Å². The lowest BCUT2D eigenvalue weighted by molar-refractivity contribution is 0.666. The molecule has 0 radical (unpaired) electrons. The molecule has 1 heteroatoms. The smallest absolute Gasteiger partial charge is 0.0466 e. The van der Waals surface area contributed by atoms with Crippen molar-refractivity contribution in [3.8, 4) is 0 Å². The molecule has 2 rings (SSSR count). The molecule has 1 aromatic rings. The first-order valence-electron chi connectivity index (χ1n) is 5.73. The van der Waals surface area contributed by atoms with Crippen molar-refractivity contribution in [1.29, 1.82) is 0 Å². The predicted octanol–water partition coefficient (Wildman–Crippen LogP) is 3.46. The van der Waals surface area contributed by atoms with Crippen molar-refractivity contribution < 1.29 is 0 Å². The van der Waals surface area contributed by atoms with Crippen molar-refractivity contribution in [2.75, 3.05) is 11.4 Å². The highest BCUT2D eigenvalue weighted by molar-refractivity contribution is 5.53. The summed E-state index contributed by atoms with van der Waals surface area (Å²) in [4.78, 5) is 2.50. The van der Waals surface area contributed by atoms with E-state index in [9.17, 15) is 0 Å². The van der Waals surface area contributed by atoms with E-state index in [0.29, 0.717) is 0 Å². The number of unbranched alkanes of at least 4 members (excludes halogenated alkanes) is 2. The second-order valence-corrected chi connectivity index (χ2v) is 4.14. The van der Waals surface area contributed by atoms with Crippen LogP contribution in [0.2, 0.25) is 0 Å². The molecule has 0 N–H and O–H groups in total. The number of anilines is 1. The second-order valence-electron chi connectivity index (χ2n) is 4.14. The van der Waals surface area contributed by atoms with Crippen LogP contribution in [0.3, 0.4) is 0 Å². The Bertz CT molecular complexity index is 268. The minimum atomic E-state index is 0.837. The molecule has 0 aromatic heterocycles. The van der Waals surface area contributed by atoms with Crippen molar-refractivity contribution in [2.45, 2.75) is 38.6 Å². The standard InChI is InChI=1S/C13H19N/c1-2-3-5-10-13-11-14(13)12-8-6-4-7-9-12/h4,6-9,13H,2-3,5,10-11H2,1H3. The highest BCUT2D eigenvalue weighted by Crippen LogP contribution is 2.30. The zero-order valence-electron chi connectivity index (χ0n) is 8.95. The molecule has 1 aliphatic rings. The zero-order valence-corrected chi connectivity index (χ0v) is 8.95. The molecule has 1 aliphatic heterocycles. The molecule has 1 nitrogen and oxygen atoms in total. The van der Waals surface area contributed by atoms with Crippen LogP contribution in [0.25, 0.3) is 0 Å². The summed E-state index contributed by atoms with van der Waals surface area (Å²) >= 11 is 0. The van der Waals surface area contributed by atoms with Gasteiger partial charge in [0, 0.05) is 18.3 Å². The van der Waals surface area contributed by atoms with Gasteiger partial charge in [-0.25, -0.2) is 0 Å². The Hall–Kier alpha value is -0.980. The Labute approximate surface area is 86.7 Å². The van der Waals surface area contributed by atoms with Crippen molar-refractivity contribution in [1.82, 2.24) is 0 Å². The summed E-state index contributed by atoms with van der Waals surface area (Å²) in [6, 6.07) is 11.6. The Kier molecular flexibility index (Phi) is 3.07. The molecule has 0 aliphatic carbocycles. The first-order chi connectivity index (χ1) is 6.92.